The maximum Gasteiger partial charge on any atom is 0.387 e. The Bertz CT molecular complexity index is 844. The quantitative estimate of drug-likeness (QED) is 0.751. The van der Waals surface area contributed by atoms with Crippen LogP contribution in [0.2, 0.25) is 0 Å². The molecule has 1 aliphatic rings. The van der Waals surface area contributed by atoms with Gasteiger partial charge in [0, 0.05) is 50.3 Å². The van der Waals surface area contributed by atoms with Gasteiger partial charge < -0.3 is 14.2 Å². The molecule has 0 unspecified atom stereocenters. The minimum Gasteiger partial charge on any atom is -0.434 e. The van der Waals surface area contributed by atoms with Crippen LogP contribution in [0.5, 0.6) is 5.75 Å². The Morgan fingerprint density at radius 2 is 1.89 bits per heavy atom. The molecule has 2 heterocycles. The molecule has 0 spiro atoms. The fourth-order valence-electron chi connectivity index (χ4n) is 3.10. The van der Waals surface area contributed by atoms with Gasteiger partial charge in [0.25, 0.3) is 5.91 Å². The van der Waals surface area contributed by atoms with Gasteiger partial charge in [-0.15, -0.1) is 0 Å². The molecule has 1 aromatic heterocycles. The summed E-state index contributed by atoms with van der Waals surface area (Å²) in [5.74, 6) is -0.414. The van der Waals surface area contributed by atoms with Crippen molar-refractivity contribution in [1.29, 1.82) is 0 Å². The number of amides is 1. The normalized spacial score (nSPS) is 15.3. The highest BCUT2D eigenvalue weighted by atomic mass is 32.1. The van der Waals surface area contributed by atoms with Gasteiger partial charge in [-0.05, 0) is 19.1 Å². The van der Waals surface area contributed by atoms with Crippen molar-refractivity contribution in [2.45, 2.75) is 20.1 Å². The second-order valence-electron chi connectivity index (χ2n) is 6.30. The molecule has 1 saturated heterocycles. The number of hydrogen-bond acceptors (Lipinski definition) is 5. The largest absolute Gasteiger partial charge is 0.434 e. The Morgan fingerprint density at radius 1 is 1.19 bits per heavy atom. The van der Waals surface area contributed by atoms with Crippen molar-refractivity contribution in [2.75, 3.05) is 32.7 Å². The van der Waals surface area contributed by atoms with Gasteiger partial charge in [0.2, 0.25) is 0 Å². The van der Waals surface area contributed by atoms with E-state index in [9.17, 15) is 18.4 Å². The van der Waals surface area contributed by atoms with Gasteiger partial charge in [0.15, 0.2) is 0 Å². The summed E-state index contributed by atoms with van der Waals surface area (Å²) in [5.41, 5.74) is 1.10. The Kier molecular flexibility index (Phi) is 6.22. The number of benzene rings is 1. The summed E-state index contributed by atoms with van der Waals surface area (Å²) in [4.78, 5) is 28.3. The van der Waals surface area contributed by atoms with Gasteiger partial charge in [0.05, 0.1) is 5.56 Å². The third-order valence-corrected chi connectivity index (χ3v) is 5.49. The summed E-state index contributed by atoms with van der Waals surface area (Å²) in [7, 11) is 0. The van der Waals surface area contributed by atoms with E-state index in [0.717, 1.165) is 12.2 Å². The van der Waals surface area contributed by atoms with Gasteiger partial charge in [-0.25, -0.2) is 0 Å². The van der Waals surface area contributed by atoms with Crippen LogP contribution >= 0.6 is 11.3 Å². The Labute approximate surface area is 159 Å². The summed E-state index contributed by atoms with van der Waals surface area (Å²) in [5, 5.41) is 1.85. The number of halogens is 2. The summed E-state index contributed by atoms with van der Waals surface area (Å²) < 4.78 is 31.3. The third-order valence-electron chi connectivity index (χ3n) is 4.61. The molecule has 1 fully saturated rings. The molecule has 9 heteroatoms. The van der Waals surface area contributed by atoms with Gasteiger partial charge in [0.1, 0.15) is 5.75 Å². The molecule has 146 valence electrons. The highest BCUT2D eigenvalue weighted by Gasteiger charge is 2.25. The van der Waals surface area contributed by atoms with Crippen LogP contribution in [0.1, 0.15) is 16.1 Å². The van der Waals surface area contributed by atoms with E-state index in [1.807, 2.05) is 12.3 Å². The SMILES string of the molecule is Cc1csc(=O)n1CCN1CCN(C(=O)c2ccccc2OC(F)F)CC1. The Hall–Kier alpha value is -2.26. The van der Waals surface area contributed by atoms with Crippen LogP contribution in [0.4, 0.5) is 8.78 Å². The molecule has 0 bridgehead atoms. The number of nitrogens with zero attached hydrogens (tertiary/aromatic N) is 3. The van der Waals surface area contributed by atoms with Gasteiger partial charge in [-0.1, -0.05) is 23.5 Å². The number of alkyl halides is 2. The van der Waals surface area contributed by atoms with Crippen molar-refractivity contribution in [1.82, 2.24) is 14.4 Å². The van der Waals surface area contributed by atoms with Crippen LogP contribution in [-0.4, -0.2) is 59.6 Å². The standard InChI is InChI=1S/C18H21F2N3O3S/c1-13-12-27-18(25)23(13)11-8-21-6-9-22(10-7-21)16(24)14-4-2-3-5-15(14)26-17(19)20/h2-5,12,17H,6-11H2,1H3. The number of carbonyl (C=O) groups is 1. The van der Waals surface area contributed by atoms with E-state index in [4.69, 9.17) is 0 Å². The van der Waals surface area contributed by atoms with Crippen molar-refractivity contribution in [3.8, 4) is 5.75 Å². The molecule has 0 N–H and O–H groups in total. The molecule has 1 aromatic carbocycles. The second-order valence-corrected chi connectivity index (χ2v) is 7.12. The van der Waals surface area contributed by atoms with Crippen molar-refractivity contribution < 1.29 is 18.3 Å². The van der Waals surface area contributed by atoms with Crippen LogP contribution < -0.4 is 9.61 Å². The van der Waals surface area contributed by atoms with Crippen LogP contribution in [0, 0.1) is 6.92 Å². The molecule has 27 heavy (non-hydrogen) atoms. The van der Waals surface area contributed by atoms with Gasteiger partial charge in [-0.2, -0.15) is 8.78 Å². The number of ether oxygens (including phenoxy) is 1. The summed E-state index contributed by atoms with van der Waals surface area (Å²) in [6.45, 7) is 2.62. The molecule has 3 rings (SSSR count). The lowest BCUT2D eigenvalue weighted by molar-refractivity contribution is -0.0503. The molecule has 0 radical (unpaired) electrons. The first-order valence-electron chi connectivity index (χ1n) is 8.66. The van der Waals surface area contributed by atoms with E-state index in [-0.39, 0.29) is 22.1 Å². The monoisotopic (exact) mass is 397 g/mol. The van der Waals surface area contributed by atoms with Crippen LogP contribution in [0.15, 0.2) is 34.4 Å². The first-order chi connectivity index (χ1) is 13.0. The number of aryl methyl sites for hydroxylation is 1. The number of carbonyl (C=O) groups excluding carboxylic acids is 1. The first-order valence-corrected chi connectivity index (χ1v) is 9.54. The fraction of sp³-hybridized carbons (Fsp3) is 0.444. The first kappa shape index (κ1) is 19.5. The van der Waals surface area contributed by atoms with E-state index >= 15 is 0 Å². The van der Waals surface area contributed by atoms with Crippen LogP contribution in [0.25, 0.3) is 0 Å². The number of rotatable bonds is 6. The van der Waals surface area contributed by atoms with Crippen molar-refractivity contribution in [3.63, 3.8) is 0 Å². The highest BCUT2D eigenvalue weighted by Crippen LogP contribution is 2.22. The zero-order valence-corrected chi connectivity index (χ0v) is 15.8. The maximum atomic E-state index is 12.7. The molecular weight excluding hydrogens is 376 g/mol. The number of hydrogen-bond donors (Lipinski definition) is 0. The third kappa shape index (κ3) is 4.72. The lowest BCUT2D eigenvalue weighted by atomic mass is 10.1. The van der Waals surface area contributed by atoms with E-state index in [0.29, 0.717) is 32.7 Å². The smallest absolute Gasteiger partial charge is 0.387 e. The minimum atomic E-state index is -2.97. The van der Waals surface area contributed by atoms with Gasteiger partial charge >= 0.3 is 11.5 Å². The molecule has 0 saturated carbocycles. The molecular formula is C18H21F2N3O3S. The Balaban J connectivity index is 1.56. The summed E-state index contributed by atoms with van der Waals surface area (Å²) >= 11 is 1.20. The van der Waals surface area contributed by atoms with E-state index in [1.54, 1.807) is 21.6 Å². The van der Waals surface area contributed by atoms with Gasteiger partial charge in [-0.3, -0.25) is 14.5 Å². The number of piperazine rings is 1. The van der Waals surface area contributed by atoms with Crippen LogP contribution in [0.3, 0.4) is 0 Å². The van der Waals surface area contributed by atoms with Crippen LogP contribution in [-0.2, 0) is 6.54 Å². The topological polar surface area (TPSA) is 54.8 Å². The van der Waals surface area contributed by atoms with Crippen molar-refractivity contribution in [3.05, 3.63) is 50.6 Å². The van der Waals surface area contributed by atoms with Crippen molar-refractivity contribution in [2.24, 2.45) is 0 Å². The van der Waals surface area contributed by atoms with E-state index in [1.165, 1.54) is 23.5 Å². The van der Waals surface area contributed by atoms with E-state index < -0.39 is 6.61 Å². The minimum absolute atomic E-state index is 0.0388. The summed E-state index contributed by atoms with van der Waals surface area (Å²) in [6, 6.07) is 6.05. The van der Waals surface area contributed by atoms with E-state index in [2.05, 4.69) is 9.64 Å². The zero-order valence-electron chi connectivity index (χ0n) is 14.9. The zero-order chi connectivity index (χ0) is 19.4. The highest BCUT2D eigenvalue weighted by molar-refractivity contribution is 7.07. The predicted octanol–water partition coefficient (Wildman–Crippen LogP) is 2.28. The molecule has 1 amide bonds. The molecule has 2 aromatic rings. The second kappa shape index (κ2) is 8.62. The Morgan fingerprint density at radius 3 is 2.52 bits per heavy atom. The summed E-state index contributed by atoms with van der Waals surface area (Å²) in [6.07, 6.45) is 0. The number of para-hydroxylation sites is 1. The molecule has 6 nitrogen and oxygen atoms in total. The lowest BCUT2D eigenvalue weighted by Crippen LogP contribution is -2.49. The number of aromatic nitrogens is 1. The fourth-order valence-corrected chi connectivity index (χ4v) is 3.86. The average molecular weight is 397 g/mol. The molecule has 0 atom stereocenters. The molecule has 1 aliphatic heterocycles. The van der Waals surface area contributed by atoms with Crippen molar-refractivity contribution >= 4 is 17.2 Å². The lowest BCUT2D eigenvalue weighted by Gasteiger charge is -2.35. The maximum absolute atomic E-state index is 12.7. The average Bonchev–Trinajstić information content (AvgIpc) is 2.98. The molecule has 0 aliphatic carbocycles. The number of thiazole rings is 1. The predicted molar refractivity (Wildman–Crippen MR) is 98.7 cm³/mol.